The van der Waals surface area contributed by atoms with E-state index in [0.717, 1.165) is 25.5 Å². The highest BCUT2D eigenvalue weighted by molar-refractivity contribution is 7.88. The molecule has 1 fully saturated rings. The summed E-state index contributed by atoms with van der Waals surface area (Å²) in [6.07, 6.45) is 4.31. The van der Waals surface area contributed by atoms with Gasteiger partial charge >= 0.3 is 0 Å². The van der Waals surface area contributed by atoms with Crippen LogP contribution in [0.25, 0.3) is 0 Å². The number of hydrogen-bond acceptors (Lipinski definition) is 4. The van der Waals surface area contributed by atoms with Crippen LogP contribution in [0.15, 0.2) is 0 Å². The molecule has 1 aliphatic heterocycles. The Morgan fingerprint density at radius 2 is 2.11 bits per heavy atom. The van der Waals surface area contributed by atoms with Crippen molar-refractivity contribution in [2.75, 3.05) is 25.9 Å². The molecule has 0 bridgehead atoms. The third kappa shape index (κ3) is 5.99. The zero-order chi connectivity index (χ0) is 12.9. The lowest BCUT2D eigenvalue weighted by molar-refractivity contribution is -0.134. The standard InChI is InChI=1S/C10H21N3O3S.ClH/c1-17(15,16)12-8-9-4-2-3-7-13(9)10(14)5-6-11;/h9,12H,2-8,11H2,1H3;1H. The summed E-state index contributed by atoms with van der Waals surface area (Å²) in [5, 5.41) is 0. The first kappa shape index (κ1) is 17.6. The van der Waals surface area contributed by atoms with Gasteiger partial charge < -0.3 is 10.6 Å². The fourth-order valence-corrected chi connectivity index (χ4v) is 2.55. The van der Waals surface area contributed by atoms with Crippen LogP contribution in [-0.2, 0) is 14.8 Å². The number of halogens is 1. The molecule has 0 aromatic carbocycles. The number of likely N-dealkylation sites (tertiary alicyclic amines) is 1. The topological polar surface area (TPSA) is 92.5 Å². The number of carbonyl (C=O) groups excluding carboxylic acids is 1. The number of nitrogens with one attached hydrogen (secondary N) is 1. The van der Waals surface area contributed by atoms with Gasteiger partial charge in [0.05, 0.1) is 6.26 Å². The lowest BCUT2D eigenvalue weighted by atomic mass is 10.0. The number of amides is 1. The number of carbonyl (C=O) groups is 1. The van der Waals surface area contributed by atoms with Crippen molar-refractivity contribution in [1.82, 2.24) is 9.62 Å². The van der Waals surface area contributed by atoms with Gasteiger partial charge in [0.2, 0.25) is 15.9 Å². The van der Waals surface area contributed by atoms with Gasteiger partial charge in [0.1, 0.15) is 0 Å². The molecule has 6 nitrogen and oxygen atoms in total. The van der Waals surface area contributed by atoms with Crippen LogP contribution >= 0.6 is 12.4 Å². The smallest absolute Gasteiger partial charge is 0.224 e. The van der Waals surface area contributed by atoms with Crippen LogP contribution in [-0.4, -0.2) is 51.2 Å². The van der Waals surface area contributed by atoms with Crippen LogP contribution in [0, 0.1) is 0 Å². The lowest BCUT2D eigenvalue weighted by Gasteiger charge is -2.35. The number of rotatable bonds is 5. The monoisotopic (exact) mass is 299 g/mol. The van der Waals surface area contributed by atoms with Gasteiger partial charge in [-0.1, -0.05) is 0 Å². The summed E-state index contributed by atoms with van der Waals surface area (Å²) < 4.78 is 24.5. The van der Waals surface area contributed by atoms with E-state index < -0.39 is 10.0 Å². The van der Waals surface area contributed by atoms with E-state index in [-0.39, 0.29) is 24.4 Å². The predicted molar refractivity (Wildman–Crippen MR) is 73.1 cm³/mol. The molecule has 0 aromatic rings. The zero-order valence-electron chi connectivity index (χ0n) is 10.6. The number of nitrogens with two attached hydrogens (primary N) is 1. The number of nitrogens with zero attached hydrogens (tertiary/aromatic N) is 1. The summed E-state index contributed by atoms with van der Waals surface area (Å²) >= 11 is 0. The summed E-state index contributed by atoms with van der Waals surface area (Å²) in [5.74, 6) is 0.0208. The molecule has 0 radical (unpaired) electrons. The van der Waals surface area contributed by atoms with Crippen LogP contribution < -0.4 is 10.5 Å². The molecule has 1 aliphatic rings. The summed E-state index contributed by atoms with van der Waals surface area (Å²) in [5.41, 5.74) is 5.37. The van der Waals surface area contributed by atoms with Crippen molar-refractivity contribution in [2.24, 2.45) is 5.73 Å². The first-order valence-electron chi connectivity index (χ1n) is 5.88. The maximum Gasteiger partial charge on any atom is 0.224 e. The van der Waals surface area contributed by atoms with Crippen molar-refractivity contribution in [2.45, 2.75) is 31.7 Å². The average Bonchev–Trinajstić information content (AvgIpc) is 2.26. The molecule has 0 aliphatic carbocycles. The van der Waals surface area contributed by atoms with Crippen molar-refractivity contribution in [3.63, 3.8) is 0 Å². The molecule has 0 spiro atoms. The summed E-state index contributed by atoms with van der Waals surface area (Å²) in [7, 11) is -3.20. The minimum Gasteiger partial charge on any atom is -0.338 e. The molecule has 1 heterocycles. The van der Waals surface area contributed by atoms with Gasteiger partial charge in [-0.3, -0.25) is 4.79 Å². The van der Waals surface area contributed by atoms with Gasteiger partial charge in [-0.15, -0.1) is 12.4 Å². The van der Waals surface area contributed by atoms with Crippen molar-refractivity contribution in [3.05, 3.63) is 0 Å². The first-order chi connectivity index (χ1) is 7.94. The molecule has 18 heavy (non-hydrogen) atoms. The SMILES string of the molecule is CS(=O)(=O)NCC1CCCCN1C(=O)CCN.Cl. The van der Waals surface area contributed by atoms with Gasteiger partial charge in [0.25, 0.3) is 0 Å². The third-order valence-electron chi connectivity index (χ3n) is 2.89. The molecule has 1 saturated heterocycles. The van der Waals surface area contributed by atoms with Crippen molar-refractivity contribution in [1.29, 1.82) is 0 Å². The molecule has 0 aromatic heterocycles. The minimum atomic E-state index is -3.20. The van der Waals surface area contributed by atoms with Gasteiger partial charge in [-0.05, 0) is 19.3 Å². The molecule has 108 valence electrons. The van der Waals surface area contributed by atoms with Crippen LogP contribution in [0.5, 0.6) is 0 Å². The third-order valence-corrected chi connectivity index (χ3v) is 3.58. The molecule has 0 saturated carbocycles. The Morgan fingerprint density at radius 3 is 2.67 bits per heavy atom. The van der Waals surface area contributed by atoms with E-state index in [1.807, 2.05) is 0 Å². The molecular weight excluding hydrogens is 278 g/mol. The number of sulfonamides is 1. The highest BCUT2D eigenvalue weighted by atomic mass is 35.5. The Morgan fingerprint density at radius 1 is 1.44 bits per heavy atom. The highest BCUT2D eigenvalue weighted by Crippen LogP contribution is 2.17. The van der Waals surface area contributed by atoms with Gasteiger partial charge in [0, 0.05) is 32.1 Å². The molecular formula is C10H22ClN3O3S. The molecule has 1 rings (SSSR count). The molecule has 1 amide bonds. The Balaban J connectivity index is 0.00000289. The number of hydrogen-bond donors (Lipinski definition) is 2. The van der Waals surface area contributed by atoms with Gasteiger partial charge in [-0.25, -0.2) is 13.1 Å². The molecule has 8 heteroatoms. The van der Waals surface area contributed by atoms with Gasteiger partial charge in [-0.2, -0.15) is 0 Å². The lowest BCUT2D eigenvalue weighted by Crippen LogP contribution is -2.49. The second kappa shape index (κ2) is 7.93. The zero-order valence-corrected chi connectivity index (χ0v) is 12.2. The first-order valence-corrected chi connectivity index (χ1v) is 7.77. The Labute approximate surface area is 115 Å². The average molecular weight is 300 g/mol. The van der Waals surface area contributed by atoms with Gasteiger partial charge in [0.15, 0.2) is 0 Å². The van der Waals surface area contributed by atoms with Crippen molar-refractivity contribution in [3.8, 4) is 0 Å². The van der Waals surface area contributed by atoms with E-state index in [1.54, 1.807) is 4.90 Å². The summed E-state index contributed by atoms with van der Waals surface area (Å²) in [6.45, 7) is 1.34. The Kier molecular flexibility index (Phi) is 7.77. The fourth-order valence-electron chi connectivity index (χ4n) is 2.06. The van der Waals surface area contributed by atoms with Crippen LogP contribution in [0.1, 0.15) is 25.7 Å². The largest absolute Gasteiger partial charge is 0.338 e. The molecule has 1 unspecified atom stereocenters. The van der Waals surface area contributed by atoms with Crippen LogP contribution in [0.3, 0.4) is 0 Å². The van der Waals surface area contributed by atoms with Crippen molar-refractivity contribution < 1.29 is 13.2 Å². The predicted octanol–water partition coefficient (Wildman–Crippen LogP) is -0.313. The van der Waals surface area contributed by atoms with E-state index in [9.17, 15) is 13.2 Å². The fraction of sp³-hybridized carbons (Fsp3) is 0.900. The summed E-state index contributed by atoms with van der Waals surface area (Å²) in [6, 6.07) is -0.0301. The normalized spacial score (nSPS) is 20.3. The van der Waals surface area contributed by atoms with E-state index in [4.69, 9.17) is 5.73 Å². The second-order valence-corrected chi connectivity index (χ2v) is 6.23. The quantitative estimate of drug-likeness (QED) is 0.728. The Bertz CT molecular complexity index is 361. The van der Waals surface area contributed by atoms with Crippen molar-refractivity contribution >= 4 is 28.3 Å². The van der Waals surface area contributed by atoms with E-state index in [1.165, 1.54) is 0 Å². The summed E-state index contributed by atoms with van der Waals surface area (Å²) in [4.78, 5) is 13.6. The number of piperidine rings is 1. The molecule has 3 N–H and O–H groups in total. The van der Waals surface area contributed by atoms with E-state index in [2.05, 4.69) is 4.72 Å². The highest BCUT2D eigenvalue weighted by Gasteiger charge is 2.26. The molecule has 1 atom stereocenters. The Hall–Kier alpha value is -0.370. The second-order valence-electron chi connectivity index (χ2n) is 4.40. The maximum atomic E-state index is 11.8. The van der Waals surface area contributed by atoms with E-state index in [0.29, 0.717) is 26.1 Å². The van der Waals surface area contributed by atoms with Crippen LogP contribution in [0.2, 0.25) is 0 Å². The van der Waals surface area contributed by atoms with Crippen LogP contribution in [0.4, 0.5) is 0 Å². The minimum absolute atomic E-state index is 0. The maximum absolute atomic E-state index is 11.8. The van der Waals surface area contributed by atoms with E-state index >= 15 is 0 Å².